The van der Waals surface area contributed by atoms with Crippen LogP contribution in [-0.4, -0.2) is 166 Å². The molecule has 0 aromatic carbocycles. The Bertz CT molecular complexity index is 2590. The summed E-state index contributed by atoms with van der Waals surface area (Å²) in [7, 11) is 0. The molecule has 0 bridgehead atoms. The van der Waals surface area contributed by atoms with Crippen LogP contribution in [-0.2, 0) is 85.6 Å². The predicted octanol–water partition coefficient (Wildman–Crippen LogP) is 13.1. The van der Waals surface area contributed by atoms with Crippen molar-refractivity contribution < 1.29 is 274 Å². The minimum absolute atomic E-state index is 0. The number of esters is 2. The topological polar surface area (TPSA) is 431 Å². The van der Waals surface area contributed by atoms with E-state index in [1.807, 2.05) is 57.2 Å². The van der Waals surface area contributed by atoms with E-state index in [1.165, 1.54) is 59.3 Å². The maximum Gasteiger partial charge on any atom is 1.00 e. The third-order valence-electron chi connectivity index (χ3n) is 16.8. The maximum atomic E-state index is 12.3. The van der Waals surface area contributed by atoms with E-state index >= 15 is 0 Å². The van der Waals surface area contributed by atoms with E-state index in [0.717, 1.165) is 141 Å². The molecule has 0 saturated heterocycles. The van der Waals surface area contributed by atoms with Crippen molar-refractivity contribution >= 4 is 124 Å². The van der Waals surface area contributed by atoms with Crippen molar-refractivity contribution in [3.05, 3.63) is 0 Å². The molecule has 0 aliphatic heterocycles. The largest absolute Gasteiger partial charge is 1.00 e. The smallest absolute Gasteiger partial charge is 1.00 e. The first-order chi connectivity index (χ1) is 53.7. The second kappa shape index (κ2) is 75.8. The first-order valence-electron chi connectivity index (χ1n) is 40.7. The molecule has 0 aromatic heterocycles. The monoisotopic (exact) mass is 2090 g/mol. The van der Waals surface area contributed by atoms with Crippen molar-refractivity contribution in [2.45, 2.75) is 386 Å². The van der Waals surface area contributed by atoms with E-state index in [1.54, 1.807) is 48.5 Å². The normalized spacial score (nSPS) is 17.1. The van der Waals surface area contributed by atoms with Gasteiger partial charge >= 0.3 is 198 Å². The van der Waals surface area contributed by atoms with Gasteiger partial charge < -0.3 is 99.7 Å². The number of amides is 2. The van der Waals surface area contributed by atoms with Gasteiger partial charge in [0.1, 0.15) is 35.6 Å². The average Bonchev–Trinajstić information content (AvgIpc) is 0.924. The number of hydrogen-bond acceptors (Lipinski definition) is 28. The first-order valence-corrected chi connectivity index (χ1v) is 43.2. The molecule has 0 heterocycles. The van der Waals surface area contributed by atoms with E-state index in [-0.39, 0.29) is 217 Å². The number of ether oxygens (including phenoxy) is 13. The third kappa shape index (κ3) is 86.5. The minimum Gasteiger partial charge on any atom is -1.00 e. The number of aliphatic hydroxyl groups is 1. The van der Waals surface area contributed by atoms with Gasteiger partial charge in [0, 0.05) is 51.4 Å². The standard InChI is InChI=1S/C22H39NO7.C17H31NO5.C13H25NO4.C9H15ClO3.C9H15IO3.C6H12O.C3H4Cl2O2.CH2O3.2Cs.H/c1-15(2)12-17(14-23-20(25)30-22(4,5)6)13-19(24)27-16(3)28-21(26)29-18-10-8-7-9-11-18;1-12(2)9-14(11-18)10-16(19)21-13(3)22-17(20)23-15-7-5-4-6-8-15;1-9(2)6-10(7-11(15)16)8-14-12(17)18-13(3,4)5;2*1-7(10)12-9(11)13-8-5-3-2-4-6-8;7-6-4-2-1-3-5-6;1-2(4)7-3(5)6;2-1-4-3;;;/h15-18H,7-14H2,1-6H3,(H,23,25);12-15H,4-11,18H2,1-3H3;9-10H,6-8H2,1-5H3,(H,14,17)(H,15,16);2*7-8H,2-6H2,1H3;6-7H,1-5H2;2H,1H3;1,3H;;;/q;;;;;;;;2*+1;-1/p-1/t16?,17-;13?,14-;10-;;;;;;;;/m000......../s1. The van der Waals surface area contributed by atoms with Crippen LogP contribution in [0.25, 0.3) is 0 Å². The van der Waals surface area contributed by atoms with Crippen LogP contribution in [0.4, 0.5) is 33.6 Å². The molecule has 5 rings (SSSR count). The summed E-state index contributed by atoms with van der Waals surface area (Å²) in [6.45, 7) is 31.8. The summed E-state index contributed by atoms with van der Waals surface area (Å²) in [5.74, 6) is -0.631. The Balaban J connectivity index is -0.000000320. The number of alkyl carbamates (subject to hydrolysis) is 2. The van der Waals surface area contributed by atoms with Crippen molar-refractivity contribution in [3.8, 4) is 0 Å². The summed E-state index contributed by atoms with van der Waals surface area (Å²) in [6, 6.07) is 0. The van der Waals surface area contributed by atoms with Gasteiger partial charge in [-0.2, -0.15) is 0 Å². The fourth-order valence-electron chi connectivity index (χ4n) is 12.2. The molecule has 5 aliphatic rings. The Labute approximate surface area is 844 Å². The third-order valence-corrected chi connectivity index (χ3v) is 17.3. The van der Waals surface area contributed by atoms with Crippen LogP contribution in [0.2, 0.25) is 0 Å². The summed E-state index contributed by atoms with van der Waals surface area (Å²) in [4.78, 5) is 125. The van der Waals surface area contributed by atoms with E-state index in [9.17, 15) is 47.9 Å². The van der Waals surface area contributed by atoms with E-state index in [4.69, 9.17) is 113 Å². The number of nitrogens with one attached hydrogen (secondary N) is 2. The van der Waals surface area contributed by atoms with Gasteiger partial charge in [-0.1, -0.05) is 110 Å². The van der Waals surface area contributed by atoms with Crippen molar-refractivity contribution in [3.63, 3.8) is 0 Å². The van der Waals surface area contributed by atoms with Crippen LogP contribution in [0.1, 0.15) is 318 Å². The van der Waals surface area contributed by atoms with Gasteiger partial charge in [0.15, 0.2) is 15.2 Å². The number of carboxylic acids is 1. The van der Waals surface area contributed by atoms with Crippen LogP contribution in [0.15, 0.2) is 0 Å². The van der Waals surface area contributed by atoms with Gasteiger partial charge in [-0.25, -0.2) is 33.6 Å². The van der Waals surface area contributed by atoms with Crippen LogP contribution >= 0.6 is 57.4 Å². The summed E-state index contributed by atoms with van der Waals surface area (Å²) >= 11 is 17.4. The number of carbonyl (C=O) groups is 11. The quantitative estimate of drug-likeness (QED) is 0.00534. The molecule has 5 fully saturated rings. The molecule has 37 heteroatoms. The Hall–Kier alpha value is -1.45. The number of carbonyl (C=O) groups excluding carboxylic acids is 10. The van der Waals surface area contributed by atoms with Gasteiger partial charge in [-0.05, 0) is 262 Å². The molecule has 0 radical (unpaired) electrons. The van der Waals surface area contributed by atoms with Gasteiger partial charge in [-0.15, -0.1) is 0 Å². The summed E-state index contributed by atoms with van der Waals surface area (Å²) in [5.41, 5.74) is 2.43. The number of hydrogen-bond donors (Lipinski definition) is 5. The molecule has 31 nitrogen and oxygen atoms in total. The Kier molecular flexibility index (Phi) is 80.4. The van der Waals surface area contributed by atoms with E-state index < -0.39 is 95.1 Å². The molecule has 117 heavy (non-hydrogen) atoms. The average molecular weight is 2090 g/mol. The van der Waals surface area contributed by atoms with Crippen LogP contribution in [0.5, 0.6) is 0 Å². The van der Waals surface area contributed by atoms with Gasteiger partial charge in [0.25, 0.3) is 6.47 Å². The van der Waals surface area contributed by atoms with Crippen molar-refractivity contribution in [2.75, 3.05) is 19.6 Å². The molecule has 6 N–H and O–H groups in total. The minimum atomic E-state index is -1.04. The summed E-state index contributed by atoms with van der Waals surface area (Å²) in [5, 5.41) is 31.5. The maximum absolute atomic E-state index is 12.3. The Morgan fingerprint density at radius 3 is 0.966 bits per heavy atom. The SMILES string of the molecule is CC(C)C[C@H](CN)CC(=O)OC(C)OC(=O)OC1CCCCC1.CC(C)C[C@H](CNC(=O)OC(C)(C)C)CC(=O)O.CC(C)C[C@H](CNC(=O)OC(C)(C)C)CC(=O)OC(C)OC(=O)OC1CCCCC1.CC(Cl)OC(=O)Cl.CC(Cl)OC(=O)OC1CCCCC1.CC(I)OC(=O)OC1CCCCC1.O=CO[O-].OC1CCCCC1.[Cs+].[Cs+].[H-]. The van der Waals surface area contributed by atoms with E-state index in [2.05, 4.69) is 38.8 Å². The number of nitrogens with two attached hydrogens (primary N) is 1. The summed E-state index contributed by atoms with van der Waals surface area (Å²) in [6.07, 6.45) is 23.8. The van der Waals surface area contributed by atoms with Crippen LogP contribution < -0.4 is 159 Å². The van der Waals surface area contributed by atoms with Gasteiger partial charge in [0.05, 0.1) is 12.5 Å². The fourth-order valence-corrected chi connectivity index (χ4v) is 12.7. The second-order valence-electron chi connectivity index (χ2n) is 32.1. The van der Waals surface area contributed by atoms with Crippen molar-refractivity contribution in [1.82, 2.24) is 10.6 Å². The number of aliphatic carboxylic acids is 1. The van der Waals surface area contributed by atoms with Gasteiger partial charge in [-0.3, -0.25) is 19.2 Å². The molecule has 5 unspecified atom stereocenters. The molecule has 0 spiro atoms. The first kappa shape index (κ1) is 124. The summed E-state index contributed by atoms with van der Waals surface area (Å²) < 4.78 is 64.9. The number of alkyl halides is 3. The molecule has 8 atom stereocenters. The Morgan fingerprint density at radius 2 is 0.735 bits per heavy atom. The van der Waals surface area contributed by atoms with Crippen molar-refractivity contribution in [1.29, 1.82) is 0 Å². The molecule has 676 valence electrons. The molecular weight excluding hydrogens is 1950 g/mol. The predicted molar refractivity (Wildman–Crippen MR) is 441 cm³/mol. The Morgan fingerprint density at radius 1 is 0.462 bits per heavy atom. The van der Waals surface area contributed by atoms with Crippen LogP contribution in [0, 0.1) is 35.5 Å². The zero-order chi connectivity index (χ0) is 88.1. The van der Waals surface area contributed by atoms with Gasteiger partial charge in [0.2, 0.25) is 12.6 Å². The zero-order valence-electron chi connectivity index (χ0n) is 74.5. The molecular formula is C80H143Cl3Cs2IN3O28. The van der Waals surface area contributed by atoms with Crippen LogP contribution in [0.3, 0.4) is 0 Å². The molecule has 5 saturated carbocycles. The van der Waals surface area contributed by atoms with Crippen molar-refractivity contribution in [2.24, 2.45) is 41.2 Å². The number of halogens is 4. The second-order valence-corrected chi connectivity index (χ2v) is 35.4. The molecule has 5 aliphatic carbocycles. The number of aliphatic hydroxyl groups excluding tert-OH is 1. The molecule has 0 aromatic rings. The number of carboxylic acid groups (broad SMARTS) is 1. The fraction of sp³-hybridized carbons (Fsp3) is 0.863. The zero-order valence-corrected chi connectivity index (χ0v) is 90.4. The number of rotatable bonds is 29. The van der Waals surface area contributed by atoms with E-state index in [0.29, 0.717) is 37.4 Å². The molecule has 2 amide bonds.